The van der Waals surface area contributed by atoms with E-state index in [-0.39, 0.29) is 10.6 Å². The fourth-order valence-electron chi connectivity index (χ4n) is 2.57. The van der Waals surface area contributed by atoms with Crippen LogP contribution in [0.4, 0.5) is 5.69 Å². The van der Waals surface area contributed by atoms with E-state index < -0.39 is 16.0 Å². The molecule has 0 amide bonds. The van der Waals surface area contributed by atoms with Crippen LogP contribution in [0.15, 0.2) is 71.8 Å². The van der Waals surface area contributed by atoms with E-state index in [4.69, 9.17) is 0 Å². The van der Waals surface area contributed by atoms with Gasteiger partial charge < -0.3 is 9.67 Å². The fraction of sp³-hybridized carbons (Fsp3) is 0.0556. The Kier molecular flexibility index (Phi) is 4.33. The molecule has 1 heterocycles. The maximum atomic E-state index is 12.4. The molecule has 0 spiro atoms. The normalized spacial score (nSPS) is 11.2. The summed E-state index contributed by atoms with van der Waals surface area (Å²) in [5.74, 6) is -1.03. The monoisotopic (exact) mass is 356 g/mol. The molecule has 25 heavy (non-hydrogen) atoms. The Bertz CT molecular complexity index is 1020. The molecule has 0 bridgehead atoms. The predicted molar refractivity (Wildman–Crippen MR) is 94.7 cm³/mol. The Morgan fingerprint density at radius 3 is 2.40 bits per heavy atom. The zero-order valence-corrected chi connectivity index (χ0v) is 14.2. The van der Waals surface area contributed by atoms with Crippen molar-refractivity contribution in [2.24, 2.45) is 0 Å². The third-order valence-corrected chi connectivity index (χ3v) is 5.13. The predicted octanol–water partition coefficient (Wildman–Crippen LogP) is 3.28. The van der Waals surface area contributed by atoms with E-state index in [1.807, 2.05) is 0 Å². The lowest BCUT2D eigenvalue weighted by Gasteiger charge is -2.13. The summed E-state index contributed by atoms with van der Waals surface area (Å²) < 4.78 is 28.8. The highest BCUT2D eigenvalue weighted by Crippen LogP contribution is 2.23. The van der Waals surface area contributed by atoms with Gasteiger partial charge in [0.1, 0.15) is 5.69 Å². The summed E-state index contributed by atoms with van der Waals surface area (Å²) in [6, 6.07) is 16.2. The van der Waals surface area contributed by atoms with Crippen LogP contribution in [-0.2, 0) is 10.0 Å². The SMILES string of the molecule is Cc1cc(NS(=O)(=O)c2ccccc2)ccc1-n1cccc1C(=O)O. The molecule has 128 valence electrons. The highest BCUT2D eigenvalue weighted by molar-refractivity contribution is 7.92. The van der Waals surface area contributed by atoms with Crippen molar-refractivity contribution < 1.29 is 18.3 Å². The number of carbonyl (C=O) groups is 1. The minimum atomic E-state index is -3.67. The lowest BCUT2D eigenvalue weighted by atomic mass is 10.1. The molecule has 7 heteroatoms. The van der Waals surface area contributed by atoms with Crippen LogP contribution in [0.3, 0.4) is 0 Å². The van der Waals surface area contributed by atoms with E-state index in [1.54, 1.807) is 60.2 Å². The van der Waals surface area contributed by atoms with Crippen LogP contribution < -0.4 is 4.72 Å². The first-order valence-corrected chi connectivity index (χ1v) is 8.96. The molecule has 2 N–H and O–H groups in total. The van der Waals surface area contributed by atoms with Crippen LogP contribution in [0.2, 0.25) is 0 Å². The molecule has 3 rings (SSSR count). The van der Waals surface area contributed by atoms with Crippen molar-refractivity contribution in [3.05, 3.63) is 78.1 Å². The molecule has 0 atom stereocenters. The van der Waals surface area contributed by atoms with Gasteiger partial charge in [-0.3, -0.25) is 4.72 Å². The number of carboxylic acids is 1. The van der Waals surface area contributed by atoms with Gasteiger partial charge in [-0.05, 0) is 55.0 Å². The molecule has 0 aliphatic rings. The van der Waals surface area contributed by atoms with E-state index >= 15 is 0 Å². The van der Waals surface area contributed by atoms with Crippen molar-refractivity contribution in [1.29, 1.82) is 0 Å². The largest absolute Gasteiger partial charge is 0.477 e. The minimum absolute atomic E-state index is 0.140. The van der Waals surface area contributed by atoms with Gasteiger partial charge in [-0.2, -0.15) is 0 Å². The van der Waals surface area contributed by atoms with Crippen LogP contribution >= 0.6 is 0 Å². The van der Waals surface area contributed by atoms with Gasteiger partial charge in [-0.1, -0.05) is 18.2 Å². The molecule has 6 nitrogen and oxygen atoms in total. The Morgan fingerprint density at radius 2 is 1.76 bits per heavy atom. The molecule has 0 aliphatic heterocycles. The Morgan fingerprint density at radius 1 is 1.04 bits per heavy atom. The second-order valence-corrected chi connectivity index (χ2v) is 7.17. The number of hydrogen-bond donors (Lipinski definition) is 2. The smallest absolute Gasteiger partial charge is 0.352 e. The van der Waals surface area contributed by atoms with Gasteiger partial charge in [0.05, 0.1) is 4.90 Å². The standard InChI is InChI=1S/C18H16N2O4S/c1-13-12-14(19-25(23,24)15-6-3-2-4-7-15)9-10-16(13)20-11-5-8-17(20)18(21)22/h2-12,19H,1H3,(H,21,22). The van der Waals surface area contributed by atoms with Gasteiger partial charge in [0.25, 0.3) is 10.0 Å². The molecule has 0 fully saturated rings. The molecule has 0 unspecified atom stereocenters. The summed E-state index contributed by atoms with van der Waals surface area (Å²) in [6.45, 7) is 1.79. The molecule has 0 aliphatic carbocycles. The van der Waals surface area contributed by atoms with Crippen LogP contribution in [-0.4, -0.2) is 24.1 Å². The van der Waals surface area contributed by atoms with Gasteiger partial charge in [0, 0.05) is 17.6 Å². The number of aromatic nitrogens is 1. The van der Waals surface area contributed by atoms with Crippen molar-refractivity contribution in [3.63, 3.8) is 0 Å². The van der Waals surface area contributed by atoms with Crippen molar-refractivity contribution in [3.8, 4) is 5.69 Å². The number of aryl methyl sites for hydroxylation is 1. The molecular weight excluding hydrogens is 340 g/mol. The first-order valence-electron chi connectivity index (χ1n) is 7.48. The average molecular weight is 356 g/mol. The molecule has 1 aromatic heterocycles. The zero-order valence-electron chi connectivity index (χ0n) is 13.4. The molecule has 3 aromatic rings. The number of nitrogens with zero attached hydrogens (tertiary/aromatic N) is 1. The van der Waals surface area contributed by atoms with Gasteiger partial charge >= 0.3 is 5.97 Å². The summed E-state index contributed by atoms with van der Waals surface area (Å²) in [5, 5.41) is 9.23. The molecule has 0 radical (unpaired) electrons. The summed E-state index contributed by atoms with van der Waals surface area (Å²) >= 11 is 0. The second-order valence-electron chi connectivity index (χ2n) is 5.49. The number of benzene rings is 2. The number of aromatic carboxylic acids is 1. The number of anilines is 1. The van der Waals surface area contributed by atoms with Crippen molar-refractivity contribution in [2.75, 3.05) is 4.72 Å². The summed E-state index contributed by atoms with van der Waals surface area (Å²) in [6.07, 6.45) is 1.65. The first kappa shape index (κ1) is 16.8. The van der Waals surface area contributed by atoms with Crippen LogP contribution in [0, 0.1) is 6.92 Å². The van der Waals surface area contributed by atoms with E-state index in [0.29, 0.717) is 11.4 Å². The van der Waals surface area contributed by atoms with Crippen molar-refractivity contribution in [2.45, 2.75) is 11.8 Å². The van der Waals surface area contributed by atoms with Gasteiger partial charge in [-0.15, -0.1) is 0 Å². The van der Waals surface area contributed by atoms with Gasteiger partial charge in [0.15, 0.2) is 0 Å². The quantitative estimate of drug-likeness (QED) is 0.734. The summed E-state index contributed by atoms with van der Waals surface area (Å²) in [5.41, 5.74) is 1.96. The maximum Gasteiger partial charge on any atom is 0.352 e. The lowest BCUT2D eigenvalue weighted by molar-refractivity contribution is 0.0688. The highest BCUT2D eigenvalue weighted by atomic mass is 32.2. The number of carboxylic acid groups (broad SMARTS) is 1. The molecular formula is C18H16N2O4S. The second kappa shape index (κ2) is 6.45. The average Bonchev–Trinajstić information content (AvgIpc) is 3.05. The van der Waals surface area contributed by atoms with E-state index in [1.165, 1.54) is 18.2 Å². The van der Waals surface area contributed by atoms with Crippen molar-refractivity contribution >= 4 is 21.7 Å². The minimum Gasteiger partial charge on any atom is -0.477 e. The summed E-state index contributed by atoms with van der Waals surface area (Å²) in [4.78, 5) is 11.4. The van der Waals surface area contributed by atoms with E-state index in [9.17, 15) is 18.3 Å². The van der Waals surface area contributed by atoms with E-state index in [0.717, 1.165) is 5.56 Å². The topological polar surface area (TPSA) is 88.4 Å². The zero-order chi connectivity index (χ0) is 18.0. The Labute approximate surface area is 145 Å². The van der Waals surface area contributed by atoms with Gasteiger partial charge in [0.2, 0.25) is 0 Å². The lowest BCUT2D eigenvalue weighted by Crippen LogP contribution is -2.13. The summed E-state index contributed by atoms with van der Waals surface area (Å²) in [7, 11) is -3.67. The maximum absolute atomic E-state index is 12.4. The number of rotatable bonds is 5. The number of hydrogen-bond acceptors (Lipinski definition) is 3. The third kappa shape index (κ3) is 3.41. The van der Waals surface area contributed by atoms with Crippen LogP contribution in [0.5, 0.6) is 0 Å². The third-order valence-electron chi connectivity index (χ3n) is 3.73. The fourth-order valence-corrected chi connectivity index (χ4v) is 3.64. The first-order chi connectivity index (χ1) is 11.9. The van der Waals surface area contributed by atoms with Crippen LogP contribution in [0.1, 0.15) is 16.1 Å². The highest BCUT2D eigenvalue weighted by Gasteiger charge is 2.15. The molecule has 2 aromatic carbocycles. The number of nitrogens with one attached hydrogen (secondary N) is 1. The molecule has 0 saturated heterocycles. The van der Waals surface area contributed by atoms with Gasteiger partial charge in [-0.25, -0.2) is 13.2 Å². The van der Waals surface area contributed by atoms with Crippen LogP contribution in [0.25, 0.3) is 5.69 Å². The molecule has 0 saturated carbocycles. The Hall–Kier alpha value is -3.06. The number of sulfonamides is 1. The Balaban J connectivity index is 1.93. The van der Waals surface area contributed by atoms with E-state index in [2.05, 4.69) is 4.72 Å². The van der Waals surface area contributed by atoms with Crippen molar-refractivity contribution in [1.82, 2.24) is 4.57 Å².